The van der Waals surface area contributed by atoms with Gasteiger partial charge in [0.1, 0.15) is 11.6 Å². The Kier molecular flexibility index (Phi) is 3.98. The third kappa shape index (κ3) is 2.96. The normalized spacial score (nSPS) is 19.9. The Bertz CT molecular complexity index is 623. The molecule has 2 aromatic rings. The zero-order valence-electron chi connectivity index (χ0n) is 11.5. The van der Waals surface area contributed by atoms with Crippen LogP contribution in [0.4, 0.5) is 8.78 Å². The number of nitrogens with zero attached hydrogens (tertiary/aromatic N) is 2. The minimum Gasteiger partial charge on any atom is -0.381 e. The van der Waals surface area contributed by atoms with E-state index in [2.05, 4.69) is 4.98 Å². The molecule has 3 rings (SSSR count). The van der Waals surface area contributed by atoms with Crippen molar-refractivity contribution in [1.29, 1.82) is 0 Å². The van der Waals surface area contributed by atoms with E-state index in [0.717, 1.165) is 24.2 Å². The second kappa shape index (κ2) is 5.91. The molecule has 1 aromatic carbocycles. The molecule has 1 fully saturated rings. The van der Waals surface area contributed by atoms with Crippen LogP contribution in [0.2, 0.25) is 0 Å². The second-order valence-corrected chi connectivity index (χ2v) is 5.33. The van der Waals surface area contributed by atoms with E-state index in [0.29, 0.717) is 13.2 Å². The molecule has 2 N–H and O–H groups in total. The van der Waals surface area contributed by atoms with Gasteiger partial charge in [-0.15, -0.1) is 0 Å². The standard InChI is InChI=1S/C15H17F2N3O/c16-12-1-2-13(17)11(5-12)7-20-9-19-6-14(20)15(18)10-3-4-21-8-10/h1-2,5-6,9-10,15H,3-4,7-8,18H2. The predicted molar refractivity (Wildman–Crippen MR) is 73.5 cm³/mol. The van der Waals surface area contributed by atoms with Gasteiger partial charge >= 0.3 is 0 Å². The molecule has 0 saturated carbocycles. The molecule has 0 radical (unpaired) electrons. The highest BCUT2D eigenvalue weighted by Gasteiger charge is 2.26. The van der Waals surface area contributed by atoms with E-state index in [1.54, 1.807) is 17.1 Å². The highest BCUT2D eigenvalue weighted by atomic mass is 19.1. The van der Waals surface area contributed by atoms with Crippen molar-refractivity contribution < 1.29 is 13.5 Å². The van der Waals surface area contributed by atoms with Gasteiger partial charge in [-0.2, -0.15) is 0 Å². The van der Waals surface area contributed by atoms with Crippen LogP contribution in [0.15, 0.2) is 30.7 Å². The zero-order valence-corrected chi connectivity index (χ0v) is 11.5. The van der Waals surface area contributed by atoms with E-state index in [1.165, 1.54) is 6.07 Å². The number of hydrogen-bond acceptors (Lipinski definition) is 3. The number of rotatable bonds is 4. The van der Waals surface area contributed by atoms with Gasteiger partial charge in [-0.05, 0) is 24.6 Å². The lowest BCUT2D eigenvalue weighted by Crippen LogP contribution is -2.24. The topological polar surface area (TPSA) is 53.1 Å². The smallest absolute Gasteiger partial charge is 0.128 e. The van der Waals surface area contributed by atoms with Crippen LogP contribution >= 0.6 is 0 Å². The molecule has 2 unspecified atom stereocenters. The van der Waals surface area contributed by atoms with Crippen molar-refractivity contribution in [3.05, 3.63) is 53.6 Å². The second-order valence-electron chi connectivity index (χ2n) is 5.33. The van der Waals surface area contributed by atoms with E-state index in [1.807, 2.05) is 0 Å². The molecule has 1 aromatic heterocycles. The fraction of sp³-hybridized carbons (Fsp3) is 0.400. The molecule has 0 spiro atoms. The summed E-state index contributed by atoms with van der Waals surface area (Å²) in [5.74, 6) is -0.659. The first-order valence-corrected chi connectivity index (χ1v) is 6.92. The summed E-state index contributed by atoms with van der Waals surface area (Å²) in [7, 11) is 0. The van der Waals surface area contributed by atoms with E-state index in [9.17, 15) is 8.78 Å². The molecule has 1 saturated heterocycles. The van der Waals surface area contributed by atoms with E-state index >= 15 is 0 Å². The summed E-state index contributed by atoms with van der Waals surface area (Å²) < 4.78 is 34.1. The van der Waals surface area contributed by atoms with E-state index in [4.69, 9.17) is 10.5 Å². The van der Waals surface area contributed by atoms with Crippen molar-refractivity contribution in [2.75, 3.05) is 13.2 Å². The maximum Gasteiger partial charge on any atom is 0.128 e. The third-order valence-electron chi connectivity index (χ3n) is 3.91. The number of nitrogens with two attached hydrogens (primary N) is 1. The number of benzene rings is 1. The van der Waals surface area contributed by atoms with Crippen LogP contribution in [-0.4, -0.2) is 22.8 Å². The van der Waals surface area contributed by atoms with Crippen molar-refractivity contribution >= 4 is 0 Å². The Morgan fingerprint density at radius 3 is 3.05 bits per heavy atom. The summed E-state index contributed by atoms with van der Waals surface area (Å²) in [5, 5.41) is 0. The minimum atomic E-state index is -0.457. The Labute approximate surface area is 121 Å². The molecular formula is C15H17F2N3O. The van der Waals surface area contributed by atoms with Gasteiger partial charge in [-0.25, -0.2) is 13.8 Å². The summed E-state index contributed by atoms with van der Waals surface area (Å²) in [6, 6.07) is 3.22. The van der Waals surface area contributed by atoms with Gasteiger partial charge in [-0.3, -0.25) is 0 Å². The largest absolute Gasteiger partial charge is 0.381 e. The molecule has 112 valence electrons. The zero-order chi connectivity index (χ0) is 14.8. The van der Waals surface area contributed by atoms with Gasteiger partial charge in [0, 0.05) is 24.3 Å². The first kappa shape index (κ1) is 14.2. The number of hydrogen-bond donors (Lipinski definition) is 1. The van der Waals surface area contributed by atoms with Gasteiger partial charge in [0.15, 0.2) is 0 Å². The monoisotopic (exact) mass is 293 g/mol. The fourth-order valence-electron chi connectivity index (χ4n) is 2.67. The SMILES string of the molecule is NC(c1cncn1Cc1cc(F)ccc1F)C1CCOC1. The van der Waals surface area contributed by atoms with Gasteiger partial charge < -0.3 is 15.0 Å². The summed E-state index contributed by atoms with van der Waals surface area (Å²) >= 11 is 0. The first-order valence-electron chi connectivity index (χ1n) is 6.92. The Morgan fingerprint density at radius 2 is 2.29 bits per heavy atom. The molecular weight excluding hydrogens is 276 g/mol. The van der Waals surface area contributed by atoms with Gasteiger partial charge in [0.05, 0.1) is 31.2 Å². The van der Waals surface area contributed by atoms with E-state index < -0.39 is 11.6 Å². The van der Waals surface area contributed by atoms with Crippen LogP contribution in [0.3, 0.4) is 0 Å². The number of imidazole rings is 1. The summed E-state index contributed by atoms with van der Waals surface area (Å²) in [4.78, 5) is 4.09. The predicted octanol–water partition coefficient (Wildman–Crippen LogP) is 2.25. The average molecular weight is 293 g/mol. The molecule has 2 atom stereocenters. The van der Waals surface area contributed by atoms with Crippen LogP contribution in [-0.2, 0) is 11.3 Å². The highest BCUT2D eigenvalue weighted by molar-refractivity contribution is 5.20. The average Bonchev–Trinajstić information content (AvgIpc) is 3.13. The molecule has 0 amide bonds. The van der Waals surface area contributed by atoms with Crippen LogP contribution in [0.25, 0.3) is 0 Å². The molecule has 6 heteroatoms. The molecule has 21 heavy (non-hydrogen) atoms. The molecule has 1 aliphatic rings. The van der Waals surface area contributed by atoms with Crippen molar-refractivity contribution in [1.82, 2.24) is 9.55 Å². The molecule has 2 heterocycles. The fourth-order valence-corrected chi connectivity index (χ4v) is 2.67. The third-order valence-corrected chi connectivity index (χ3v) is 3.91. The maximum absolute atomic E-state index is 13.7. The summed E-state index contributed by atoms with van der Waals surface area (Å²) in [6.45, 7) is 1.55. The van der Waals surface area contributed by atoms with Gasteiger partial charge in [0.25, 0.3) is 0 Å². The van der Waals surface area contributed by atoms with Crippen LogP contribution in [0.1, 0.15) is 23.7 Å². The van der Waals surface area contributed by atoms with Crippen molar-refractivity contribution in [3.8, 4) is 0 Å². The molecule has 0 bridgehead atoms. The maximum atomic E-state index is 13.7. The van der Waals surface area contributed by atoms with Crippen molar-refractivity contribution in [2.45, 2.75) is 19.0 Å². The number of halogens is 2. The van der Waals surface area contributed by atoms with Crippen molar-refractivity contribution in [3.63, 3.8) is 0 Å². The Balaban J connectivity index is 1.83. The van der Waals surface area contributed by atoms with Crippen LogP contribution in [0, 0.1) is 17.6 Å². The summed E-state index contributed by atoms with van der Waals surface area (Å²) in [5.41, 5.74) is 7.35. The minimum absolute atomic E-state index is 0.209. The number of ether oxygens (including phenoxy) is 1. The molecule has 0 aliphatic carbocycles. The Morgan fingerprint density at radius 1 is 1.43 bits per heavy atom. The van der Waals surface area contributed by atoms with Crippen molar-refractivity contribution in [2.24, 2.45) is 11.7 Å². The van der Waals surface area contributed by atoms with Crippen LogP contribution in [0.5, 0.6) is 0 Å². The lowest BCUT2D eigenvalue weighted by Gasteiger charge is -2.19. The molecule has 1 aliphatic heterocycles. The van der Waals surface area contributed by atoms with Gasteiger partial charge in [0.2, 0.25) is 0 Å². The quantitative estimate of drug-likeness (QED) is 0.940. The Hall–Kier alpha value is -1.79. The van der Waals surface area contributed by atoms with Crippen LogP contribution < -0.4 is 5.73 Å². The summed E-state index contributed by atoms with van der Waals surface area (Å²) in [6.07, 6.45) is 4.18. The number of aromatic nitrogens is 2. The lowest BCUT2D eigenvalue weighted by molar-refractivity contribution is 0.180. The molecule has 4 nitrogen and oxygen atoms in total. The highest BCUT2D eigenvalue weighted by Crippen LogP contribution is 2.27. The van der Waals surface area contributed by atoms with E-state index in [-0.39, 0.29) is 24.1 Å². The first-order chi connectivity index (χ1) is 10.1. The van der Waals surface area contributed by atoms with Gasteiger partial charge in [-0.1, -0.05) is 0 Å². The lowest BCUT2D eigenvalue weighted by atomic mass is 9.97.